The van der Waals surface area contributed by atoms with E-state index in [1.54, 1.807) is 11.3 Å². The Kier molecular flexibility index (Phi) is 4.72. The first-order valence-corrected chi connectivity index (χ1v) is 9.86. The van der Waals surface area contributed by atoms with Gasteiger partial charge in [0.15, 0.2) is 5.13 Å². The topological polar surface area (TPSA) is 42.7 Å². The van der Waals surface area contributed by atoms with E-state index in [-0.39, 0.29) is 0 Å². The predicted molar refractivity (Wildman–Crippen MR) is 114 cm³/mol. The molecule has 0 radical (unpaired) electrons. The van der Waals surface area contributed by atoms with Crippen LogP contribution in [0.5, 0.6) is 0 Å². The van der Waals surface area contributed by atoms with Crippen molar-refractivity contribution >= 4 is 33.8 Å². The van der Waals surface area contributed by atoms with Gasteiger partial charge in [0.1, 0.15) is 0 Å². The minimum absolute atomic E-state index is 0.783. The molecule has 0 unspecified atom stereocenters. The van der Waals surface area contributed by atoms with Crippen LogP contribution >= 0.6 is 22.9 Å². The van der Waals surface area contributed by atoms with Crippen LogP contribution in [0.15, 0.2) is 54.3 Å². The summed E-state index contributed by atoms with van der Waals surface area (Å²) in [5.74, 6) is 0. The molecule has 0 amide bonds. The van der Waals surface area contributed by atoms with Gasteiger partial charge in [0.25, 0.3) is 0 Å². The largest absolute Gasteiger partial charge is 0.331 e. The van der Waals surface area contributed by atoms with Crippen LogP contribution in [0.2, 0.25) is 5.02 Å². The van der Waals surface area contributed by atoms with E-state index in [4.69, 9.17) is 16.6 Å². The lowest BCUT2D eigenvalue weighted by Gasteiger charge is -2.09. The molecule has 0 aliphatic carbocycles. The highest BCUT2D eigenvalue weighted by Gasteiger charge is 2.08. The summed E-state index contributed by atoms with van der Waals surface area (Å²) in [7, 11) is 0. The summed E-state index contributed by atoms with van der Waals surface area (Å²) in [5.41, 5.74) is 7.31. The quantitative estimate of drug-likeness (QED) is 0.440. The summed E-state index contributed by atoms with van der Waals surface area (Å²) in [5, 5.41) is 7.12. The fourth-order valence-electron chi connectivity index (χ4n) is 2.86. The normalized spacial score (nSPS) is 11.0. The molecule has 27 heavy (non-hydrogen) atoms. The molecule has 6 heteroatoms. The van der Waals surface area contributed by atoms with Gasteiger partial charge in [0.2, 0.25) is 0 Å². The first-order valence-electron chi connectivity index (χ1n) is 8.60. The van der Waals surface area contributed by atoms with Crippen molar-refractivity contribution in [3.8, 4) is 16.9 Å². The third-order valence-corrected chi connectivity index (χ3v) is 5.59. The summed E-state index contributed by atoms with van der Waals surface area (Å²) in [6.07, 6.45) is 3.84. The van der Waals surface area contributed by atoms with Crippen molar-refractivity contribution in [3.63, 3.8) is 0 Å². The number of benzene rings is 2. The van der Waals surface area contributed by atoms with Crippen LogP contribution in [0.1, 0.15) is 16.8 Å². The van der Waals surface area contributed by atoms with E-state index in [9.17, 15) is 0 Å². The molecule has 136 valence electrons. The molecule has 0 fully saturated rings. The van der Waals surface area contributed by atoms with E-state index in [1.165, 1.54) is 0 Å². The smallest absolute Gasteiger partial charge is 0.187 e. The van der Waals surface area contributed by atoms with E-state index in [2.05, 4.69) is 46.0 Å². The molecule has 0 saturated carbocycles. The van der Waals surface area contributed by atoms with Gasteiger partial charge in [-0.15, -0.1) is 11.3 Å². The van der Waals surface area contributed by atoms with Crippen molar-refractivity contribution in [2.45, 2.75) is 20.8 Å². The molecule has 0 atom stereocenters. The average molecular weight is 395 g/mol. The highest BCUT2D eigenvalue weighted by atomic mass is 35.5. The van der Waals surface area contributed by atoms with E-state index in [1.807, 2.05) is 43.9 Å². The van der Waals surface area contributed by atoms with Gasteiger partial charge < -0.3 is 9.88 Å². The molecule has 4 aromatic rings. The second-order valence-corrected chi connectivity index (χ2v) is 7.81. The maximum atomic E-state index is 6.18. The number of thiazole rings is 1. The summed E-state index contributed by atoms with van der Waals surface area (Å²) in [6, 6.07) is 12.4. The Balaban J connectivity index is 1.55. The molecule has 4 rings (SSSR count). The molecule has 1 N–H and O–H groups in total. The lowest BCUT2D eigenvalue weighted by atomic mass is 10.1. The highest BCUT2D eigenvalue weighted by Crippen LogP contribution is 2.31. The molecule has 0 bridgehead atoms. The minimum Gasteiger partial charge on any atom is -0.331 e. The van der Waals surface area contributed by atoms with Gasteiger partial charge in [-0.1, -0.05) is 23.7 Å². The Labute approximate surface area is 167 Å². The van der Waals surface area contributed by atoms with Crippen LogP contribution in [0, 0.1) is 20.8 Å². The molecular formula is C21H19ClN4S. The fraction of sp³-hybridized carbons (Fsp3) is 0.143. The van der Waals surface area contributed by atoms with Gasteiger partial charge in [-0.3, -0.25) is 0 Å². The number of halogens is 1. The van der Waals surface area contributed by atoms with Gasteiger partial charge in [0.05, 0.1) is 17.7 Å². The standard InChI is InChI=1S/C21H19ClN4S/c1-13-9-19(14(2)8-18(13)22)24-21-25-20(11-27-21)16-4-6-17(7-5-16)26-10-15(3)23-12-26/h4-12H,1-3H3,(H,24,25). The Morgan fingerprint density at radius 1 is 1.04 bits per heavy atom. The minimum atomic E-state index is 0.783. The molecular weight excluding hydrogens is 376 g/mol. The Morgan fingerprint density at radius 3 is 2.52 bits per heavy atom. The number of hydrogen-bond donors (Lipinski definition) is 1. The first kappa shape index (κ1) is 17.8. The van der Waals surface area contributed by atoms with E-state index in [0.717, 1.165) is 49.6 Å². The number of imidazole rings is 1. The maximum Gasteiger partial charge on any atom is 0.187 e. The monoisotopic (exact) mass is 394 g/mol. The molecule has 0 aliphatic heterocycles. The number of nitrogens with one attached hydrogen (secondary N) is 1. The number of hydrogen-bond acceptors (Lipinski definition) is 4. The summed E-state index contributed by atoms with van der Waals surface area (Å²) in [6.45, 7) is 6.03. The Morgan fingerprint density at radius 2 is 1.81 bits per heavy atom. The van der Waals surface area contributed by atoms with E-state index < -0.39 is 0 Å². The second-order valence-electron chi connectivity index (χ2n) is 6.55. The summed E-state index contributed by atoms with van der Waals surface area (Å²) in [4.78, 5) is 9.00. The zero-order valence-electron chi connectivity index (χ0n) is 15.3. The zero-order chi connectivity index (χ0) is 19.0. The van der Waals surface area contributed by atoms with E-state index >= 15 is 0 Å². The molecule has 0 spiro atoms. The van der Waals surface area contributed by atoms with Crippen molar-refractivity contribution < 1.29 is 0 Å². The predicted octanol–water partition coefficient (Wildman–Crippen LogP) is 6.32. The lowest BCUT2D eigenvalue weighted by molar-refractivity contribution is 1.06. The fourth-order valence-corrected chi connectivity index (χ4v) is 3.81. The van der Waals surface area contributed by atoms with Gasteiger partial charge >= 0.3 is 0 Å². The third kappa shape index (κ3) is 3.75. The van der Waals surface area contributed by atoms with Gasteiger partial charge in [-0.2, -0.15) is 0 Å². The number of aromatic nitrogens is 3. The number of anilines is 2. The van der Waals surface area contributed by atoms with Crippen molar-refractivity contribution in [2.75, 3.05) is 5.32 Å². The van der Waals surface area contributed by atoms with Crippen molar-refractivity contribution in [1.82, 2.24) is 14.5 Å². The molecule has 2 aromatic heterocycles. The lowest BCUT2D eigenvalue weighted by Crippen LogP contribution is -1.94. The van der Waals surface area contributed by atoms with Crippen LogP contribution in [0.25, 0.3) is 16.9 Å². The Hall–Kier alpha value is -2.63. The van der Waals surface area contributed by atoms with Crippen LogP contribution < -0.4 is 5.32 Å². The SMILES string of the molecule is Cc1cn(-c2ccc(-c3csc(Nc4cc(C)c(Cl)cc4C)n3)cc2)cn1. The summed E-state index contributed by atoms with van der Waals surface area (Å²) >= 11 is 7.78. The molecule has 2 aromatic carbocycles. The van der Waals surface area contributed by atoms with Gasteiger partial charge in [-0.05, 0) is 56.2 Å². The van der Waals surface area contributed by atoms with Gasteiger partial charge in [0, 0.05) is 33.5 Å². The zero-order valence-corrected chi connectivity index (χ0v) is 16.9. The average Bonchev–Trinajstić information content (AvgIpc) is 3.29. The molecule has 0 saturated heterocycles. The van der Waals surface area contributed by atoms with Crippen molar-refractivity contribution in [1.29, 1.82) is 0 Å². The van der Waals surface area contributed by atoms with Crippen LogP contribution in [0.3, 0.4) is 0 Å². The molecule has 2 heterocycles. The second kappa shape index (κ2) is 7.18. The maximum absolute atomic E-state index is 6.18. The van der Waals surface area contributed by atoms with Gasteiger partial charge in [-0.25, -0.2) is 9.97 Å². The number of rotatable bonds is 4. The number of nitrogens with zero attached hydrogens (tertiary/aromatic N) is 3. The summed E-state index contributed by atoms with van der Waals surface area (Å²) < 4.78 is 2.01. The molecule has 0 aliphatic rings. The van der Waals surface area contributed by atoms with Crippen molar-refractivity contribution in [3.05, 3.63) is 76.1 Å². The first-order chi connectivity index (χ1) is 13.0. The third-order valence-electron chi connectivity index (χ3n) is 4.42. The van der Waals surface area contributed by atoms with Crippen molar-refractivity contribution in [2.24, 2.45) is 0 Å². The molecule has 4 nitrogen and oxygen atoms in total. The number of aryl methyl sites for hydroxylation is 3. The van der Waals surface area contributed by atoms with Crippen LogP contribution in [-0.2, 0) is 0 Å². The van der Waals surface area contributed by atoms with Crippen LogP contribution in [0.4, 0.5) is 10.8 Å². The Bertz CT molecular complexity index is 1100. The highest BCUT2D eigenvalue weighted by molar-refractivity contribution is 7.14. The van der Waals surface area contributed by atoms with Crippen LogP contribution in [-0.4, -0.2) is 14.5 Å². The van der Waals surface area contributed by atoms with E-state index in [0.29, 0.717) is 0 Å².